The lowest BCUT2D eigenvalue weighted by Gasteiger charge is -2.27. The molecular formula is C14H20BrClN2. The molecule has 0 aromatic heterocycles. The molecule has 1 aliphatic heterocycles. The average molecular weight is 332 g/mol. The largest absolute Gasteiger partial charge is 0.324 e. The molecule has 1 fully saturated rings. The van der Waals surface area contributed by atoms with Crippen molar-refractivity contribution in [3.63, 3.8) is 0 Å². The molecule has 1 saturated heterocycles. The summed E-state index contributed by atoms with van der Waals surface area (Å²) in [7, 11) is 0. The Hall–Kier alpha value is -0.0900. The zero-order valence-electron chi connectivity index (χ0n) is 10.5. The fraction of sp³-hybridized carbons (Fsp3) is 0.571. The lowest BCUT2D eigenvalue weighted by molar-refractivity contribution is 0.221. The number of piperidine rings is 1. The van der Waals surface area contributed by atoms with Gasteiger partial charge in [-0.15, -0.1) is 0 Å². The van der Waals surface area contributed by atoms with Crippen molar-refractivity contribution in [3.05, 3.63) is 33.3 Å². The number of hydrogen-bond acceptors (Lipinski definition) is 2. The highest BCUT2D eigenvalue weighted by molar-refractivity contribution is 9.10. The molecule has 2 N–H and O–H groups in total. The molecule has 1 heterocycles. The first-order chi connectivity index (χ1) is 8.66. The molecule has 0 saturated carbocycles. The van der Waals surface area contributed by atoms with E-state index in [-0.39, 0.29) is 6.04 Å². The van der Waals surface area contributed by atoms with Crippen LogP contribution in [0.5, 0.6) is 0 Å². The summed E-state index contributed by atoms with van der Waals surface area (Å²) in [5.74, 6) is 0. The molecule has 2 rings (SSSR count). The van der Waals surface area contributed by atoms with Crippen molar-refractivity contribution in [1.82, 2.24) is 4.90 Å². The lowest BCUT2D eigenvalue weighted by atomic mass is 10.0. The van der Waals surface area contributed by atoms with E-state index in [1.807, 2.05) is 18.2 Å². The van der Waals surface area contributed by atoms with Crippen LogP contribution >= 0.6 is 27.5 Å². The van der Waals surface area contributed by atoms with Gasteiger partial charge in [0.05, 0.1) is 0 Å². The van der Waals surface area contributed by atoms with Crippen LogP contribution in [0.4, 0.5) is 0 Å². The van der Waals surface area contributed by atoms with Crippen LogP contribution < -0.4 is 5.73 Å². The van der Waals surface area contributed by atoms with E-state index in [0.29, 0.717) is 0 Å². The molecule has 1 aliphatic rings. The Morgan fingerprint density at radius 1 is 1.28 bits per heavy atom. The van der Waals surface area contributed by atoms with Gasteiger partial charge in [0.15, 0.2) is 0 Å². The van der Waals surface area contributed by atoms with E-state index in [0.717, 1.165) is 28.0 Å². The molecule has 0 amide bonds. The van der Waals surface area contributed by atoms with Gasteiger partial charge in [0.25, 0.3) is 0 Å². The summed E-state index contributed by atoms with van der Waals surface area (Å²) in [6.07, 6.45) is 5.00. The smallest absolute Gasteiger partial charge is 0.0464 e. The minimum atomic E-state index is 0.0347. The van der Waals surface area contributed by atoms with Crippen molar-refractivity contribution in [2.75, 3.05) is 19.6 Å². The Kier molecular flexibility index (Phi) is 5.49. The third-order valence-corrected chi connectivity index (χ3v) is 4.39. The van der Waals surface area contributed by atoms with Crippen molar-refractivity contribution in [2.45, 2.75) is 31.7 Å². The molecule has 4 heteroatoms. The zero-order valence-corrected chi connectivity index (χ0v) is 12.9. The average Bonchev–Trinajstić information content (AvgIpc) is 2.37. The van der Waals surface area contributed by atoms with Crippen molar-refractivity contribution in [3.8, 4) is 0 Å². The molecule has 1 aromatic rings. The normalized spacial score (nSPS) is 18.8. The predicted molar refractivity (Wildman–Crippen MR) is 81.0 cm³/mol. The van der Waals surface area contributed by atoms with E-state index in [1.165, 1.54) is 32.4 Å². The summed E-state index contributed by atoms with van der Waals surface area (Å²) in [6.45, 7) is 3.52. The van der Waals surface area contributed by atoms with Gasteiger partial charge in [-0.25, -0.2) is 0 Å². The van der Waals surface area contributed by atoms with Crippen LogP contribution in [-0.2, 0) is 0 Å². The Labute approximate surface area is 123 Å². The van der Waals surface area contributed by atoms with Gasteiger partial charge in [-0.1, -0.05) is 40.0 Å². The molecular weight excluding hydrogens is 312 g/mol. The highest BCUT2D eigenvalue weighted by atomic mass is 79.9. The first-order valence-corrected chi connectivity index (χ1v) is 7.77. The van der Waals surface area contributed by atoms with Crippen LogP contribution in [0.1, 0.15) is 37.3 Å². The van der Waals surface area contributed by atoms with E-state index < -0.39 is 0 Å². The maximum atomic E-state index is 6.24. The highest BCUT2D eigenvalue weighted by Gasteiger charge is 2.14. The lowest BCUT2D eigenvalue weighted by Crippen LogP contribution is -2.32. The number of hydrogen-bond donors (Lipinski definition) is 1. The van der Waals surface area contributed by atoms with Gasteiger partial charge < -0.3 is 10.6 Å². The third kappa shape index (κ3) is 3.95. The third-order valence-electron chi connectivity index (χ3n) is 3.57. The van der Waals surface area contributed by atoms with Crippen molar-refractivity contribution >= 4 is 27.5 Å². The van der Waals surface area contributed by atoms with Gasteiger partial charge in [-0.2, -0.15) is 0 Å². The second-order valence-corrected chi connectivity index (χ2v) is 6.29. The molecule has 0 spiro atoms. The molecule has 0 aliphatic carbocycles. The van der Waals surface area contributed by atoms with Gasteiger partial charge in [-0.05, 0) is 56.6 Å². The summed E-state index contributed by atoms with van der Waals surface area (Å²) >= 11 is 9.64. The second kappa shape index (κ2) is 6.90. The van der Waals surface area contributed by atoms with Crippen LogP contribution in [0, 0.1) is 0 Å². The quantitative estimate of drug-likeness (QED) is 0.904. The van der Waals surface area contributed by atoms with Gasteiger partial charge in [0, 0.05) is 15.5 Å². The van der Waals surface area contributed by atoms with Crippen LogP contribution in [0.15, 0.2) is 22.7 Å². The Bertz CT molecular complexity index is 391. The van der Waals surface area contributed by atoms with E-state index in [4.69, 9.17) is 17.3 Å². The SMILES string of the molecule is NC(CCN1CCCCC1)c1ccc(Br)cc1Cl. The van der Waals surface area contributed by atoms with Gasteiger partial charge in [-0.3, -0.25) is 0 Å². The summed E-state index contributed by atoms with van der Waals surface area (Å²) in [4.78, 5) is 2.51. The van der Waals surface area contributed by atoms with Crippen molar-refractivity contribution in [1.29, 1.82) is 0 Å². The molecule has 1 unspecified atom stereocenters. The molecule has 2 nitrogen and oxygen atoms in total. The summed E-state index contributed by atoms with van der Waals surface area (Å²) in [6, 6.07) is 5.97. The van der Waals surface area contributed by atoms with Crippen LogP contribution in [0.25, 0.3) is 0 Å². The number of benzene rings is 1. The number of nitrogens with two attached hydrogens (primary N) is 1. The van der Waals surface area contributed by atoms with Crippen molar-refractivity contribution in [2.24, 2.45) is 5.73 Å². The topological polar surface area (TPSA) is 29.3 Å². The monoisotopic (exact) mass is 330 g/mol. The fourth-order valence-electron chi connectivity index (χ4n) is 2.46. The Morgan fingerprint density at radius 3 is 2.67 bits per heavy atom. The standard InChI is InChI=1S/C14H20BrClN2/c15-11-4-5-12(13(16)10-11)14(17)6-9-18-7-2-1-3-8-18/h4-5,10,14H,1-3,6-9,17H2. The number of rotatable bonds is 4. The molecule has 0 radical (unpaired) electrons. The maximum absolute atomic E-state index is 6.24. The Balaban J connectivity index is 1.88. The first-order valence-electron chi connectivity index (χ1n) is 6.59. The minimum Gasteiger partial charge on any atom is -0.324 e. The summed E-state index contributed by atoms with van der Waals surface area (Å²) in [5, 5.41) is 0.760. The molecule has 1 aromatic carbocycles. The van der Waals surface area contributed by atoms with E-state index >= 15 is 0 Å². The molecule has 18 heavy (non-hydrogen) atoms. The van der Waals surface area contributed by atoms with Crippen LogP contribution in [0.2, 0.25) is 5.02 Å². The van der Waals surface area contributed by atoms with E-state index in [9.17, 15) is 0 Å². The minimum absolute atomic E-state index is 0.0347. The number of halogens is 2. The van der Waals surface area contributed by atoms with Crippen LogP contribution in [-0.4, -0.2) is 24.5 Å². The van der Waals surface area contributed by atoms with Crippen LogP contribution in [0.3, 0.4) is 0 Å². The Morgan fingerprint density at radius 2 is 2.00 bits per heavy atom. The second-order valence-electron chi connectivity index (χ2n) is 4.96. The zero-order chi connectivity index (χ0) is 13.0. The van der Waals surface area contributed by atoms with Gasteiger partial charge in [0.2, 0.25) is 0 Å². The van der Waals surface area contributed by atoms with Crippen molar-refractivity contribution < 1.29 is 0 Å². The van der Waals surface area contributed by atoms with Gasteiger partial charge >= 0.3 is 0 Å². The predicted octanol–water partition coefficient (Wildman–Crippen LogP) is 3.98. The summed E-state index contributed by atoms with van der Waals surface area (Å²) in [5.41, 5.74) is 7.29. The number of likely N-dealkylation sites (tertiary alicyclic amines) is 1. The molecule has 0 bridgehead atoms. The van der Waals surface area contributed by atoms with E-state index in [2.05, 4.69) is 20.8 Å². The fourth-order valence-corrected chi connectivity index (χ4v) is 3.28. The highest BCUT2D eigenvalue weighted by Crippen LogP contribution is 2.27. The van der Waals surface area contributed by atoms with E-state index in [1.54, 1.807) is 0 Å². The first kappa shape index (κ1) is 14.3. The maximum Gasteiger partial charge on any atom is 0.0464 e. The molecule has 1 atom stereocenters. The van der Waals surface area contributed by atoms with Gasteiger partial charge in [0.1, 0.15) is 0 Å². The molecule has 100 valence electrons. The summed E-state index contributed by atoms with van der Waals surface area (Å²) < 4.78 is 1.000. The number of nitrogens with zero attached hydrogens (tertiary/aromatic N) is 1.